The van der Waals surface area contributed by atoms with Crippen molar-refractivity contribution in [1.82, 2.24) is 0 Å². The molecule has 0 radical (unpaired) electrons. The van der Waals surface area contributed by atoms with Gasteiger partial charge in [-0.15, -0.1) is 0 Å². The molecule has 1 aliphatic carbocycles. The maximum atomic E-state index is 11.3. The fourth-order valence-corrected chi connectivity index (χ4v) is 2.10. The van der Waals surface area contributed by atoms with Gasteiger partial charge in [0.2, 0.25) is 0 Å². The summed E-state index contributed by atoms with van der Waals surface area (Å²) in [7, 11) is -3.42. The van der Waals surface area contributed by atoms with Crippen molar-refractivity contribution < 1.29 is 13.3 Å². The quantitative estimate of drug-likeness (QED) is 0.652. The molecular formula is C10H12N2O4S. The molecule has 1 aromatic rings. The minimum atomic E-state index is -3.42. The van der Waals surface area contributed by atoms with Gasteiger partial charge in [-0.05, 0) is 25.0 Å². The van der Waals surface area contributed by atoms with Crippen molar-refractivity contribution in [3.8, 4) is 0 Å². The van der Waals surface area contributed by atoms with Crippen LogP contribution in [0.25, 0.3) is 0 Å². The van der Waals surface area contributed by atoms with Crippen LogP contribution in [0.2, 0.25) is 0 Å². The summed E-state index contributed by atoms with van der Waals surface area (Å²) in [5.74, 6) is 0. The third-order valence-electron chi connectivity index (χ3n) is 2.53. The molecule has 92 valence electrons. The predicted molar refractivity (Wildman–Crippen MR) is 62.9 cm³/mol. The van der Waals surface area contributed by atoms with Gasteiger partial charge in [0.1, 0.15) is 5.69 Å². The fourth-order valence-electron chi connectivity index (χ4n) is 1.46. The second-order valence-electron chi connectivity index (χ2n) is 4.13. The van der Waals surface area contributed by atoms with E-state index in [1.807, 2.05) is 0 Å². The van der Waals surface area contributed by atoms with Crippen LogP contribution < -0.4 is 5.32 Å². The molecule has 0 heterocycles. The molecule has 6 nitrogen and oxygen atoms in total. The Morgan fingerprint density at radius 2 is 2.06 bits per heavy atom. The Bertz CT molecular complexity index is 564. The topological polar surface area (TPSA) is 89.3 Å². The molecule has 7 heteroatoms. The van der Waals surface area contributed by atoms with Gasteiger partial charge in [-0.1, -0.05) is 0 Å². The molecule has 0 aliphatic heterocycles. The Labute approximate surface area is 98.7 Å². The molecule has 1 N–H and O–H groups in total. The summed E-state index contributed by atoms with van der Waals surface area (Å²) in [6.45, 7) is 0. The van der Waals surface area contributed by atoms with Crippen LogP contribution in [0.5, 0.6) is 0 Å². The lowest BCUT2D eigenvalue weighted by molar-refractivity contribution is -0.384. The molecule has 0 spiro atoms. The van der Waals surface area contributed by atoms with Gasteiger partial charge in [0, 0.05) is 18.4 Å². The van der Waals surface area contributed by atoms with Crippen molar-refractivity contribution in [2.45, 2.75) is 23.8 Å². The number of sulfone groups is 1. The Hall–Kier alpha value is -1.63. The maximum Gasteiger partial charge on any atom is 0.293 e. The zero-order valence-electron chi connectivity index (χ0n) is 9.21. The summed E-state index contributed by atoms with van der Waals surface area (Å²) in [5.41, 5.74) is 0.185. The molecule has 0 bridgehead atoms. The molecule has 0 saturated heterocycles. The number of nitrogens with zero attached hydrogens (tertiary/aromatic N) is 1. The Kier molecular flexibility index (Phi) is 2.78. The van der Waals surface area contributed by atoms with Gasteiger partial charge < -0.3 is 5.32 Å². The van der Waals surface area contributed by atoms with Crippen molar-refractivity contribution in [3.05, 3.63) is 28.3 Å². The summed E-state index contributed by atoms with van der Waals surface area (Å²) in [5, 5.41) is 13.9. The van der Waals surface area contributed by atoms with E-state index in [0.29, 0.717) is 5.69 Å². The highest BCUT2D eigenvalue weighted by atomic mass is 32.2. The standard InChI is InChI=1S/C10H12N2O4S/c1-17(15,16)8-4-5-9(11-7-2-3-7)10(6-8)12(13)14/h4-7,11H,2-3H2,1H3. The third kappa shape index (κ3) is 2.73. The number of anilines is 1. The number of nitro groups is 1. The summed E-state index contributed by atoms with van der Waals surface area (Å²) < 4.78 is 22.6. The maximum absolute atomic E-state index is 11.3. The van der Waals surface area contributed by atoms with Gasteiger partial charge >= 0.3 is 0 Å². The highest BCUT2D eigenvalue weighted by molar-refractivity contribution is 7.90. The highest BCUT2D eigenvalue weighted by Crippen LogP contribution is 2.32. The van der Waals surface area contributed by atoms with Crippen molar-refractivity contribution in [3.63, 3.8) is 0 Å². The summed E-state index contributed by atoms with van der Waals surface area (Å²) in [6, 6.07) is 4.21. The first-order valence-electron chi connectivity index (χ1n) is 5.13. The number of benzene rings is 1. The number of nitro benzene ring substituents is 1. The van der Waals surface area contributed by atoms with Crippen LogP contribution in [-0.2, 0) is 9.84 Å². The average molecular weight is 256 g/mol. The zero-order valence-corrected chi connectivity index (χ0v) is 10.0. The molecule has 2 rings (SSSR count). The monoisotopic (exact) mass is 256 g/mol. The van der Waals surface area contributed by atoms with E-state index < -0.39 is 14.8 Å². The molecule has 1 fully saturated rings. The minimum absolute atomic E-state index is 0.0365. The van der Waals surface area contributed by atoms with Crippen LogP contribution >= 0.6 is 0 Å². The molecule has 0 amide bonds. The van der Waals surface area contributed by atoms with Crippen molar-refractivity contribution in [1.29, 1.82) is 0 Å². The summed E-state index contributed by atoms with van der Waals surface area (Å²) >= 11 is 0. The molecule has 17 heavy (non-hydrogen) atoms. The van der Waals surface area contributed by atoms with Crippen LogP contribution in [0.3, 0.4) is 0 Å². The number of nitrogens with one attached hydrogen (secondary N) is 1. The number of hydrogen-bond donors (Lipinski definition) is 1. The minimum Gasteiger partial charge on any atom is -0.377 e. The van der Waals surface area contributed by atoms with E-state index in [1.165, 1.54) is 12.1 Å². The van der Waals surface area contributed by atoms with E-state index >= 15 is 0 Å². The van der Waals surface area contributed by atoms with Gasteiger partial charge in [-0.2, -0.15) is 0 Å². The lowest BCUT2D eigenvalue weighted by atomic mass is 10.2. The molecule has 1 saturated carbocycles. The van der Waals surface area contributed by atoms with E-state index in [2.05, 4.69) is 5.32 Å². The molecular weight excluding hydrogens is 244 g/mol. The fraction of sp³-hybridized carbons (Fsp3) is 0.400. The van der Waals surface area contributed by atoms with Crippen molar-refractivity contribution >= 4 is 21.2 Å². The lowest BCUT2D eigenvalue weighted by Crippen LogP contribution is -2.06. The molecule has 0 atom stereocenters. The van der Waals surface area contributed by atoms with Gasteiger partial charge in [-0.25, -0.2) is 8.42 Å². The highest BCUT2D eigenvalue weighted by Gasteiger charge is 2.25. The smallest absolute Gasteiger partial charge is 0.293 e. The zero-order chi connectivity index (χ0) is 12.6. The van der Waals surface area contributed by atoms with Crippen LogP contribution in [0, 0.1) is 10.1 Å². The normalized spacial score (nSPS) is 15.6. The second-order valence-corrected chi connectivity index (χ2v) is 6.14. The predicted octanol–water partition coefficient (Wildman–Crippen LogP) is 1.57. The third-order valence-corrected chi connectivity index (χ3v) is 3.64. The Balaban J connectivity index is 2.43. The van der Waals surface area contributed by atoms with Gasteiger partial charge in [0.25, 0.3) is 5.69 Å². The average Bonchev–Trinajstić information content (AvgIpc) is 3.00. The first-order valence-corrected chi connectivity index (χ1v) is 7.02. The van der Waals surface area contributed by atoms with E-state index in [4.69, 9.17) is 0 Å². The lowest BCUT2D eigenvalue weighted by Gasteiger charge is -2.06. The molecule has 0 aromatic heterocycles. The number of rotatable bonds is 4. The van der Waals surface area contributed by atoms with Gasteiger partial charge in [0.05, 0.1) is 9.82 Å². The van der Waals surface area contributed by atoms with Crippen LogP contribution in [0.15, 0.2) is 23.1 Å². The van der Waals surface area contributed by atoms with E-state index in [1.54, 1.807) is 0 Å². The Morgan fingerprint density at radius 1 is 1.41 bits per heavy atom. The molecule has 0 unspecified atom stereocenters. The van der Waals surface area contributed by atoms with Crippen molar-refractivity contribution in [2.75, 3.05) is 11.6 Å². The number of hydrogen-bond acceptors (Lipinski definition) is 5. The second kappa shape index (κ2) is 3.99. The first-order chi connectivity index (χ1) is 7.88. The SMILES string of the molecule is CS(=O)(=O)c1ccc(NC2CC2)c([N+](=O)[O-])c1. The molecule has 1 aliphatic rings. The van der Waals surface area contributed by atoms with E-state index in [0.717, 1.165) is 25.2 Å². The summed E-state index contributed by atoms with van der Waals surface area (Å²) in [6.07, 6.45) is 3.01. The summed E-state index contributed by atoms with van der Waals surface area (Å²) in [4.78, 5) is 10.3. The van der Waals surface area contributed by atoms with Gasteiger partial charge in [-0.3, -0.25) is 10.1 Å². The van der Waals surface area contributed by atoms with Crippen LogP contribution in [-0.4, -0.2) is 25.6 Å². The van der Waals surface area contributed by atoms with Crippen LogP contribution in [0.4, 0.5) is 11.4 Å². The van der Waals surface area contributed by atoms with E-state index in [-0.39, 0.29) is 16.6 Å². The Morgan fingerprint density at radius 3 is 2.53 bits per heavy atom. The van der Waals surface area contributed by atoms with E-state index in [9.17, 15) is 18.5 Å². The van der Waals surface area contributed by atoms with Crippen molar-refractivity contribution in [2.24, 2.45) is 0 Å². The first kappa shape index (κ1) is 11.8. The molecule has 1 aromatic carbocycles. The van der Waals surface area contributed by atoms with Gasteiger partial charge in [0.15, 0.2) is 9.84 Å². The largest absolute Gasteiger partial charge is 0.377 e. The van der Waals surface area contributed by atoms with Crippen LogP contribution in [0.1, 0.15) is 12.8 Å².